The Balaban J connectivity index is 4.68. The summed E-state index contributed by atoms with van der Waals surface area (Å²) >= 11 is 0. The number of esters is 3. The number of phosphoric ester groups is 2. The number of hydrogen-bond acceptors (Lipinski definition) is 14. The van der Waals surface area contributed by atoms with Crippen LogP contribution in [0, 0.1) is 0 Å². The predicted molar refractivity (Wildman–Crippen MR) is 472 cm³/mol. The molecule has 644 valence electrons. The first-order valence-corrected chi connectivity index (χ1v) is 47.1. The van der Waals surface area contributed by atoms with E-state index in [1.54, 1.807) is 0 Å². The van der Waals surface area contributed by atoms with E-state index in [9.17, 15) is 43.5 Å². The summed E-state index contributed by atoms with van der Waals surface area (Å²) in [5.74, 6) is -1.61. The number of carbonyl (C=O) groups is 3. The molecule has 0 rings (SSSR count). The lowest BCUT2D eigenvalue weighted by Gasteiger charge is -2.21. The molecule has 16 nitrogen and oxygen atoms in total. The van der Waals surface area contributed by atoms with Gasteiger partial charge in [0.2, 0.25) is 0 Å². The zero-order valence-corrected chi connectivity index (χ0v) is 72.5. The number of ether oxygens (including phenoxy) is 3. The number of aliphatic hydroxyl groups excluding tert-OH is 2. The summed E-state index contributed by atoms with van der Waals surface area (Å²) in [6, 6.07) is 0. The molecule has 0 aromatic heterocycles. The molecule has 0 aromatic rings. The molecule has 0 bridgehead atoms. The van der Waals surface area contributed by atoms with Crippen molar-refractivity contribution in [2.75, 3.05) is 39.6 Å². The minimum Gasteiger partial charge on any atom is -0.463 e. The Morgan fingerprint density at radius 3 is 0.743 bits per heavy atom. The summed E-state index contributed by atoms with van der Waals surface area (Å²) in [6.07, 6.45) is 112. The molecule has 0 aliphatic rings. The Hall–Kier alpha value is -5.35. The van der Waals surface area contributed by atoms with Crippen LogP contribution in [-0.4, -0.2) is 95.9 Å². The molecule has 113 heavy (non-hydrogen) atoms. The fraction of sp³-hybridized carbons (Fsp3) is 0.653. The van der Waals surface area contributed by atoms with Gasteiger partial charge in [0.25, 0.3) is 0 Å². The van der Waals surface area contributed by atoms with Crippen LogP contribution >= 0.6 is 15.6 Å². The highest BCUT2D eigenvalue weighted by atomic mass is 31.2. The first-order valence-electron chi connectivity index (χ1n) is 44.1. The van der Waals surface area contributed by atoms with Crippen LogP contribution in [0.1, 0.15) is 342 Å². The highest BCUT2D eigenvalue weighted by molar-refractivity contribution is 7.47. The highest BCUT2D eigenvalue weighted by Crippen LogP contribution is 2.45. The molecule has 5 atom stereocenters. The van der Waals surface area contributed by atoms with Crippen molar-refractivity contribution >= 4 is 33.6 Å². The SMILES string of the molecule is CC/C=C\C/C=C\C/C=C\C/C=C\C/C=C\C/C=C\CCCCCCCCC(=O)OCC(COP(=O)(O)OCC(O)COP(=O)(O)OCC(O)COC(=O)CCCCCCCCCCCCCCC/C=C\C/C=C\C/C=C\C/C=C\C/C=C\CC)OC(=O)CCCCCCCCC/C=C\C/C=C\C/C=C\C/C=C\CCCCC. The number of carbonyl (C=O) groups excluding carboxylic acids is 3. The maximum Gasteiger partial charge on any atom is 0.472 e. The van der Waals surface area contributed by atoms with E-state index in [2.05, 4.69) is 203 Å². The Labute approximate surface area is 687 Å². The van der Waals surface area contributed by atoms with Crippen molar-refractivity contribution in [3.05, 3.63) is 182 Å². The number of unbranched alkanes of at least 4 members (excludes halogenated alkanes) is 29. The molecule has 4 N–H and O–H groups in total. The maximum absolute atomic E-state index is 13.1. The lowest BCUT2D eigenvalue weighted by molar-refractivity contribution is -0.161. The third-order valence-corrected chi connectivity index (χ3v) is 20.0. The largest absolute Gasteiger partial charge is 0.472 e. The van der Waals surface area contributed by atoms with Crippen LogP contribution in [0.15, 0.2) is 182 Å². The second-order valence-electron chi connectivity index (χ2n) is 28.9. The van der Waals surface area contributed by atoms with Crippen molar-refractivity contribution in [1.29, 1.82) is 0 Å². The maximum atomic E-state index is 13.1. The van der Waals surface area contributed by atoms with Gasteiger partial charge in [-0.15, -0.1) is 0 Å². The number of phosphoric acid groups is 2. The molecule has 5 unspecified atom stereocenters. The Morgan fingerprint density at radius 2 is 0.469 bits per heavy atom. The summed E-state index contributed by atoms with van der Waals surface area (Å²) < 4.78 is 61.4. The second-order valence-corrected chi connectivity index (χ2v) is 31.8. The summed E-state index contributed by atoms with van der Waals surface area (Å²) in [5.41, 5.74) is 0. The lowest BCUT2D eigenvalue weighted by atomic mass is 10.0. The van der Waals surface area contributed by atoms with Gasteiger partial charge in [-0.1, -0.05) is 344 Å². The smallest absolute Gasteiger partial charge is 0.463 e. The molecule has 0 aromatic carbocycles. The van der Waals surface area contributed by atoms with E-state index in [0.29, 0.717) is 19.3 Å². The van der Waals surface area contributed by atoms with E-state index in [1.165, 1.54) is 83.5 Å². The van der Waals surface area contributed by atoms with Crippen LogP contribution in [0.3, 0.4) is 0 Å². The normalized spacial score (nSPS) is 14.7. The molecule has 0 fully saturated rings. The van der Waals surface area contributed by atoms with Gasteiger partial charge in [-0.2, -0.15) is 0 Å². The van der Waals surface area contributed by atoms with E-state index in [4.69, 9.17) is 32.3 Å². The number of aliphatic hydroxyl groups is 2. The second kappa shape index (κ2) is 86.0. The molecule has 0 saturated heterocycles. The topological polar surface area (TPSA) is 231 Å². The van der Waals surface area contributed by atoms with Gasteiger partial charge in [0.05, 0.1) is 26.4 Å². The van der Waals surface area contributed by atoms with Crippen LogP contribution in [-0.2, 0) is 55.8 Å². The van der Waals surface area contributed by atoms with E-state index < -0.39 is 91.5 Å². The summed E-state index contributed by atoms with van der Waals surface area (Å²) in [7, 11) is -9.82. The fourth-order valence-electron chi connectivity index (χ4n) is 11.5. The quantitative estimate of drug-likeness (QED) is 0.0146. The molecule has 0 aliphatic heterocycles. The third-order valence-electron chi connectivity index (χ3n) is 18.1. The van der Waals surface area contributed by atoms with Gasteiger partial charge in [-0.3, -0.25) is 32.5 Å². The van der Waals surface area contributed by atoms with Gasteiger partial charge >= 0.3 is 33.6 Å². The van der Waals surface area contributed by atoms with Crippen molar-refractivity contribution in [2.24, 2.45) is 0 Å². The molecule has 0 radical (unpaired) electrons. The van der Waals surface area contributed by atoms with Crippen LogP contribution < -0.4 is 0 Å². The van der Waals surface area contributed by atoms with Crippen LogP contribution in [0.4, 0.5) is 0 Å². The fourth-order valence-corrected chi connectivity index (χ4v) is 13.1. The van der Waals surface area contributed by atoms with E-state index >= 15 is 0 Å². The van der Waals surface area contributed by atoms with Crippen molar-refractivity contribution < 1.29 is 75.8 Å². The van der Waals surface area contributed by atoms with Crippen LogP contribution in [0.2, 0.25) is 0 Å². The molecule has 0 heterocycles. The predicted octanol–water partition coefficient (Wildman–Crippen LogP) is 26.9. The first kappa shape index (κ1) is 108. The Bertz CT molecular complexity index is 2780. The van der Waals surface area contributed by atoms with Crippen molar-refractivity contribution in [3.63, 3.8) is 0 Å². The van der Waals surface area contributed by atoms with Crippen LogP contribution in [0.5, 0.6) is 0 Å². The van der Waals surface area contributed by atoms with Gasteiger partial charge in [-0.25, -0.2) is 9.13 Å². The van der Waals surface area contributed by atoms with Gasteiger partial charge in [0.1, 0.15) is 25.4 Å². The molecular weight excluding hydrogens is 1460 g/mol. The monoisotopic (exact) mass is 1620 g/mol. The molecular formula is C95H158O16P2. The average molecular weight is 1620 g/mol. The van der Waals surface area contributed by atoms with Gasteiger partial charge in [0, 0.05) is 19.3 Å². The molecule has 0 saturated carbocycles. The standard InChI is InChI=1S/C95H158O16P2/c1-4-7-10-13-16-19-22-25-28-31-34-37-40-42-43-44-45-47-50-51-54-57-60-63-66-69-72-75-78-81-93(98)105-84-90(96)85-107-112(101,102)108-86-91(97)87-109-113(103,104)110-89-92(111-95(100)83-80-77-74-71-68-65-62-59-56-53-48-39-36-33-30-27-24-21-18-15-12-9-6-3)88-106-94(99)82-79-76-73-70-67-64-61-58-55-52-49-46-41-38-35-32-29-26-23-20-17-14-11-8-5-2/h7-8,10-11,16-21,25-30,34-39,42-43,46,49,53,55-56,58,90-92,96-97H,4-6,9,12-15,22-24,31-33,40-41,44-45,47-48,50-52,54,57,59-89H2,1-3H3,(H,101,102)(H,103,104)/b10-7-,11-8-,19-16-,20-17-,21-18-,28-25-,29-26-,30-27-,37-34-,38-35-,39-36-,43-42-,49-46-,56-53-,58-55-. The minimum absolute atomic E-state index is 0.0823. The number of rotatable bonds is 82. The zero-order valence-electron chi connectivity index (χ0n) is 70.7. The zero-order chi connectivity index (χ0) is 82.2. The molecule has 18 heteroatoms. The average Bonchev–Trinajstić information content (AvgIpc) is 0.901. The minimum atomic E-state index is -4.95. The van der Waals surface area contributed by atoms with E-state index in [0.717, 1.165) is 199 Å². The highest BCUT2D eigenvalue weighted by Gasteiger charge is 2.29. The van der Waals surface area contributed by atoms with Gasteiger partial charge < -0.3 is 34.2 Å². The number of hydrogen-bond donors (Lipinski definition) is 4. The van der Waals surface area contributed by atoms with Gasteiger partial charge in [0.15, 0.2) is 6.10 Å². The van der Waals surface area contributed by atoms with Crippen molar-refractivity contribution in [3.8, 4) is 0 Å². The van der Waals surface area contributed by atoms with Crippen molar-refractivity contribution in [2.45, 2.75) is 360 Å². The van der Waals surface area contributed by atoms with Gasteiger partial charge in [-0.05, 0) is 161 Å². The Kier molecular flexibility index (Phi) is 81.9. The first-order chi connectivity index (χ1) is 55.2. The summed E-state index contributed by atoms with van der Waals surface area (Å²) in [6.45, 7) is 2.41. The summed E-state index contributed by atoms with van der Waals surface area (Å²) in [4.78, 5) is 58.9. The number of allylic oxidation sites excluding steroid dienone is 30. The third kappa shape index (κ3) is 87.3. The van der Waals surface area contributed by atoms with Crippen molar-refractivity contribution in [1.82, 2.24) is 0 Å². The van der Waals surface area contributed by atoms with E-state index in [1.807, 2.05) is 0 Å². The Morgan fingerprint density at radius 1 is 0.257 bits per heavy atom. The molecule has 0 amide bonds. The lowest BCUT2D eigenvalue weighted by Crippen LogP contribution is -2.30. The van der Waals surface area contributed by atoms with E-state index in [-0.39, 0.29) is 19.3 Å². The van der Waals surface area contributed by atoms with Crippen LogP contribution in [0.25, 0.3) is 0 Å². The molecule has 0 spiro atoms. The summed E-state index contributed by atoms with van der Waals surface area (Å²) in [5, 5.41) is 20.7. The molecule has 0 aliphatic carbocycles.